The molecule has 2 unspecified atom stereocenters. The number of nitrogens with one attached hydrogen (secondary N) is 1. The van der Waals surface area contributed by atoms with Gasteiger partial charge in [0.25, 0.3) is 0 Å². The molecule has 128 valence electrons. The van der Waals surface area contributed by atoms with Crippen molar-refractivity contribution >= 4 is 17.5 Å². The van der Waals surface area contributed by atoms with Gasteiger partial charge in [-0.1, -0.05) is 27.2 Å². The van der Waals surface area contributed by atoms with E-state index < -0.39 is 22.0 Å². The Balaban J connectivity index is 1.69. The van der Waals surface area contributed by atoms with Crippen LogP contribution >= 0.6 is 0 Å². The van der Waals surface area contributed by atoms with E-state index in [2.05, 4.69) is 10.2 Å². The first-order chi connectivity index (χ1) is 10.8. The highest BCUT2D eigenvalue weighted by molar-refractivity contribution is 6.48. The second kappa shape index (κ2) is 5.40. The van der Waals surface area contributed by atoms with Crippen LogP contribution in [0.4, 0.5) is 0 Å². The van der Waals surface area contributed by atoms with Crippen molar-refractivity contribution in [2.24, 2.45) is 16.2 Å². The molecule has 2 saturated carbocycles. The minimum absolute atomic E-state index is 0.237. The molecule has 1 N–H and O–H groups in total. The van der Waals surface area contributed by atoms with Gasteiger partial charge in [0.1, 0.15) is 5.41 Å². The molecule has 2 bridgehead atoms. The van der Waals surface area contributed by atoms with Gasteiger partial charge in [-0.2, -0.15) is 0 Å². The van der Waals surface area contributed by atoms with E-state index in [4.69, 9.17) is 0 Å². The normalized spacial score (nSPS) is 36.5. The van der Waals surface area contributed by atoms with E-state index >= 15 is 0 Å². The molecule has 1 saturated heterocycles. The van der Waals surface area contributed by atoms with Crippen LogP contribution in [0, 0.1) is 16.2 Å². The summed E-state index contributed by atoms with van der Waals surface area (Å²) in [5, 5.41) is 2.96. The van der Waals surface area contributed by atoms with Gasteiger partial charge in [-0.3, -0.25) is 14.4 Å². The molecule has 3 rings (SSSR count). The Labute approximate surface area is 138 Å². The Kier molecular flexibility index (Phi) is 3.90. The van der Waals surface area contributed by atoms with Gasteiger partial charge in [-0.25, -0.2) is 0 Å². The largest absolute Gasteiger partial charge is 0.354 e. The number of fused-ring (bicyclic) bond motifs is 2. The van der Waals surface area contributed by atoms with Crippen molar-refractivity contribution in [2.45, 2.75) is 52.9 Å². The topological polar surface area (TPSA) is 66.5 Å². The van der Waals surface area contributed by atoms with E-state index in [0.717, 1.165) is 19.6 Å². The minimum atomic E-state index is -1.15. The van der Waals surface area contributed by atoms with Crippen LogP contribution in [-0.4, -0.2) is 48.6 Å². The molecule has 5 nitrogen and oxygen atoms in total. The first kappa shape index (κ1) is 16.6. The highest BCUT2D eigenvalue weighted by atomic mass is 16.2. The molecule has 2 atom stereocenters. The lowest BCUT2D eigenvalue weighted by molar-refractivity contribution is -0.149. The predicted molar refractivity (Wildman–Crippen MR) is 86.9 cm³/mol. The molecule has 2 aliphatic carbocycles. The Bertz CT molecular complexity index is 550. The molecular formula is C18H28N2O3. The van der Waals surface area contributed by atoms with Crippen molar-refractivity contribution in [1.29, 1.82) is 0 Å². The summed E-state index contributed by atoms with van der Waals surface area (Å²) in [6.07, 6.45) is 4.85. The average Bonchev–Trinajstić information content (AvgIpc) is 2.80. The van der Waals surface area contributed by atoms with E-state index in [0.29, 0.717) is 19.4 Å². The third-order valence-corrected chi connectivity index (χ3v) is 7.09. The van der Waals surface area contributed by atoms with Crippen molar-refractivity contribution in [3.05, 3.63) is 0 Å². The number of Topliss-reactive ketones (excluding diaryl/α,β-unsaturated/α-hetero) is 2. The summed E-state index contributed by atoms with van der Waals surface area (Å²) in [7, 11) is 0. The molecule has 0 radical (unpaired) electrons. The molecule has 0 aromatic heterocycles. The standard InChI is InChI=1S/C18H28N2O3/c1-16(2)17(3)7-8-18(16,14(22)13(17)21)15(23)19-9-12-20-10-5-4-6-11-20/h4-12H2,1-3H3,(H,19,23). The average molecular weight is 320 g/mol. The summed E-state index contributed by atoms with van der Waals surface area (Å²) in [5.41, 5.74) is -2.45. The SMILES string of the molecule is CC12CCC(C(=O)NCCN3CCCCC3)(C(=O)C1=O)C2(C)C. The molecule has 3 aliphatic rings. The van der Waals surface area contributed by atoms with Gasteiger partial charge in [0.05, 0.1) is 0 Å². The Morgan fingerprint density at radius 3 is 2.26 bits per heavy atom. The van der Waals surface area contributed by atoms with Crippen LogP contribution in [0.5, 0.6) is 0 Å². The number of amides is 1. The van der Waals surface area contributed by atoms with Crippen LogP contribution in [0.2, 0.25) is 0 Å². The van der Waals surface area contributed by atoms with E-state index in [9.17, 15) is 14.4 Å². The fourth-order valence-corrected chi connectivity index (χ4v) is 4.93. The fraction of sp³-hybridized carbons (Fsp3) is 0.833. The molecule has 0 spiro atoms. The van der Waals surface area contributed by atoms with E-state index in [-0.39, 0.29) is 11.7 Å². The van der Waals surface area contributed by atoms with E-state index in [1.807, 2.05) is 20.8 Å². The number of hydrogen-bond donors (Lipinski definition) is 1. The summed E-state index contributed by atoms with van der Waals surface area (Å²) in [5.74, 6) is -1.05. The van der Waals surface area contributed by atoms with Crippen LogP contribution in [0.25, 0.3) is 0 Å². The number of likely N-dealkylation sites (tertiary alicyclic amines) is 1. The molecule has 5 heteroatoms. The molecule has 0 aromatic rings. The van der Waals surface area contributed by atoms with Gasteiger partial charge in [0.2, 0.25) is 17.5 Å². The smallest absolute Gasteiger partial charge is 0.234 e. The predicted octanol–water partition coefficient (Wildman–Crippen LogP) is 1.55. The number of hydrogen-bond acceptors (Lipinski definition) is 4. The van der Waals surface area contributed by atoms with Crippen LogP contribution in [0.15, 0.2) is 0 Å². The highest BCUT2D eigenvalue weighted by Crippen LogP contribution is 2.68. The molecule has 0 aromatic carbocycles. The van der Waals surface area contributed by atoms with Crippen molar-refractivity contribution in [3.8, 4) is 0 Å². The van der Waals surface area contributed by atoms with Crippen molar-refractivity contribution in [2.75, 3.05) is 26.2 Å². The zero-order valence-electron chi connectivity index (χ0n) is 14.5. The van der Waals surface area contributed by atoms with Gasteiger partial charge in [0.15, 0.2) is 0 Å². The number of ketones is 2. The molecular weight excluding hydrogens is 292 g/mol. The second-order valence-corrected chi connectivity index (χ2v) is 8.18. The zero-order valence-corrected chi connectivity index (χ0v) is 14.5. The van der Waals surface area contributed by atoms with E-state index in [1.165, 1.54) is 19.3 Å². The second-order valence-electron chi connectivity index (χ2n) is 8.18. The molecule has 1 aliphatic heterocycles. The first-order valence-electron chi connectivity index (χ1n) is 8.87. The number of carbonyl (C=O) groups excluding carboxylic acids is 3. The minimum Gasteiger partial charge on any atom is -0.354 e. The van der Waals surface area contributed by atoms with Gasteiger partial charge in [-0.05, 0) is 44.2 Å². The van der Waals surface area contributed by atoms with Crippen LogP contribution < -0.4 is 5.32 Å². The number of rotatable bonds is 4. The van der Waals surface area contributed by atoms with Crippen molar-refractivity contribution in [3.63, 3.8) is 0 Å². The summed E-state index contributed by atoms with van der Waals surface area (Å²) in [6.45, 7) is 9.21. The third kappa shape index (κ3) is 2.05. The fourth-order valence-electron chi connectivity index (χ4n) is 4.93. The maximum absolute atomic E-state index is 12.9. The molecule has 1 heterocycles. The lowest BCUT2D eigenvalue weighted by Crippen LogP contribution is -2.52. The third-order valence-electron chi connectivity index (χ3n) is 7.09. The maximum Gasteiger partial charge on any atom is 0.234 e. The zero-order chi connectivity index (χ0) is 16.9. The van der Waals surface area contributed by atoms with Crippen LogP contribution in [0.1, 0.15) is 52.9 Å². The van der Waals surface area contributed by atoms with Crippen LogP contribution in [-0.2, 0) is 14.4 Å². The lowest BCUT2D eigenvalue weighted by atomic mass is 9.64. The number of piperidine rings is 1. The molecule has 23 heavy (non-hydrogen) atoms. The van der Waals surface area contributed by atoms with Gasteiger partial charge in [0, 0.05) is 18.5 Å². The Morgan fingerprint density at radius 1 is 1.04 bits per heavy atom. The van der Waals surface area contributed by atoms with Gasteiger partial charge in [-0.15, -0.1) is 0 Å². The Hall–Kier alpha value is -1.23. The first-order valence-corrected chi connectivity index (χ1v) is 8.87. The van der Waals surface area contributed by atoms with Crippen molar-refractivity contribution in [1.82, 2.24) is 10.2 Å². The summed E-state index contributed by atoms with van der Waals surface area (Å²) < 4.78 is 0. The van der Waals surface area contributed by atoms with Gasteiger partial charge >= 0.3 is 0 Å². The Morgan fingerprint density at radius 2 is 1.70 bits per heavy atom. The van der Waals surface area contributed by atoms with E-state index in [1.54, 1.807) is 0 Å². The maximum atomic E-state index is 12.9. The quantitative estimate of drug-likeness (QED) is 0.630. The summed E-state index contributed by atoms with van der Waals surface area (Å²) >= 11 is 0. The lowest BCUT2D eigenvalue weighted by Gasteiger charge is -2.37. The molecule has 3 fully saturated rings. The van der Waals surface area contributed by atoms with Gasteiger partial charge < -0.3 is 10.2 Å². The highest BCUT2D eigenvalue weighted by Gasteiger charge is 2.77. The molecule has 1 amide bonds. The number of nitrogens with zero attached hydrogens (tertiary/aromatic N) is 1. The summed E-state index contributed by atoms with van der Waals surface area (Å²) in [4.78, 5) is 40.2. The van der Waals surface area contributed by atoms with Crippen LogP contribution in [0.3, 0.4) is 0 Å². The summed E-state index contributed by atoms with van der Waals surface area (Å²) in [6, 6.07) is 0. The number of carbonyl (C=O) groups is 3. The monoisotopic (exact) mass is 320 g/mol. The van der Waals surface area contributed by atoms with Crippen molar-refractivity contribution < 1.29 is 14.4 Å².